The number of aromatic nitrogens is 3. The quantitative estimate of drug-likeness (QED) is 0.669. The van der Waals surface area contributed by atoms with Crippen LogP contribution in [0.3, 0.4) is 0 Å². The fourth-order valence-electron chi connectivity index (χ4n) is 2.13. The second-order valence-electron chi connectivity index (χ2n) is 6.18. The normalized spacial score (nSPS) is 14.6. The summed E-state index contributed by atoms with van der Waals surface area (Å²) >= 11 is 0. The lowest BCUT2D eigenvalue weighted by Gasteiger charge is -2.26. The third-order valence-electron chi connectivity index (χ3n) is 3.75. The van der Waals surface area contributed by atoms with Crippen LogP contribution in [-0.4, -0.2) is 44.1 Å². The second-order valence-corrected chi connectivity index (χ2v) is 6.18. The van der Waals surface area contributed by atoms with Crippen molar-refractivity contribution in [2.45, 2.75) is 24.9 Å². The molecule has 154 valence electrons. The molecule has 2 aromatic rings. The Hall–Kier alpha value is -2.83. The van der Waals surface area contributed by atoms with E-state index in [-0.39, 0.29) is 5.56 Å². The van der Waals surface area contributed by atoms with E-state index in [4.69, 9.17) is 5.73 Å². The van der Waals surface area contributed by atoms with E-state index in [9.17, 15) is 36.2 Å². The minimum Gasteiger partial charge on any atom is -0.397 e. The highest BCUT2D eigenvalue weighted by molar-refractivity contribution is 5.98. The van der Waals surface area contributed by atoms with Gasteiger partial charge in [-0.05, 0) is 13.0 Å². The van der Waals surface area contributed by atoms with Crippen molar-refractivity contribution in [3.63, 3.8) is 0 Å². The number of hydrogen-bond donors (Lipinski definition) is 3. The predicted molar refractivity (Wildman–Crippen MR) is 84.9 cm³/mol. The van der Waals surface area contributed by atoms with Crippen LogP contribution in [0.1, 0.15) is 23.0 Å². The number of nitrogen functional groups attached to an aromatic ring is 1. The third-order valence-corrected chi connectivity index (χ3v) is 3.75. The Balaban J connectivity index is 2.44. The molecule has 0 saturated carbocycles. The van der Waals surface area contributed by atoms with Gasteiger partial charge in [-0.25, -0.2) is 4.98 Å². The van der Waals surface area contributed by atoms with Crippen LogP contribution in [0, 0.1) is 0 Å². The first kappa shape index (κ1) is 21.5. The Morgan fingerprint density at radius 1 is 1.29 bits per heavy atom. The van der Waals surface area contributed by atoms with Crippen molar-refractivity contribution < 1.29 is 36.2 Å². The molecule has 4 N–H and O–H groups in total. The van der Waals surface area contributed by atoms with Crippen LogP contribution >= 0.6 is 0 Å². The molecule has 2 rings (SSSR count). The Labute approximate surface area is 154 Å². The van der Waals surface area contributed by atoms with E-state index in [1.165, 1.54) is 17.9 Å². The Kier molecular flexibility index (Phi) is 5.34. The number of aryl methyl sites for hydroxylation is 1. The van der Waals surface area contributed by atoms with Gasteiger partial charge in [0.05, 0.1) is 29.7 Å². The average molecular weight is 411 g/mol. The van der Waals surface area contributed by atoms with Crippen LogP contribution in [0.5, 0.6) is 0 Å². The Morgan fingerprint density at radius 3 is 2.36 bits per heavy atom. The maximum Gasteiger partial charge on any atom is 0.418 e. The van der Waals surface area contributed by atoms with E-state index < -0.39 is 53.0 Å². The summed E-state index contributed by atoms with van der Waals surface area (Å²) in [5, 5.41) is 14.9. The summed E-state index contributed by atoms with van der Waals surface area (Å²) in [6, 6.07) is 0.464. The molecule has 13 heteroatoms. The zero-order chi connectivity index (χ0) is 21.5. The number of nitrogens with zero attached hydrogens (tertiary/aromatic N) is 3. The molecule has 0 saturated heterocycles. The summed E-state index contributed by atoms with van der Waals surface area (Å²) in [5.41, 5.74) is -1.18. The number of alkyl halides is 6. The van der Waals surface area contributed by atoms with E-state index >= 15 is 0 Å². The molecular formula is C15H15F6N5O2. The number of halogens is 6. The molecule has 0 bridgehead atoms. The van der Waals surface area contributed by atoms with E-state index in [1.54, 1.807) is 5.32 Å². The zero-order valence-electron chi connectivity index (χ0n) is 14.5. The van der Waals surface area contributed by atoms with Crippen LogP contribution in [0.15, 0.2) is 18.5 Å². The largest absolute Gasteiger partial charge is 0.418 e. The fourth-order valence-corrected chi connectivity index (χ4v) is 2.13. The summed E-state index contributed by atoms with van der Waals surface area (Å²) < 4.78 is 79.1. The number of carbonyl (C=O) groups is 1. The number of anilines is 1. The number of nitrogens with one attached hydrogen (secondary N) is 1. The van der Waals surface area contributed by atoms with Gasteiger partial charge >= 0.3 is 12.4 Å². The predicted octanol–water partition coefficient (Wildman–Crippen LogP) is 2.13. The summed E-state index contributed by atoms with van der Waals surface area (Å²) in [6.45, 7) is -0.822. The van der Waals surface area contributed by atoms with Crippen LogP contribution in [-0.2, 0) is 13.2 Å². The number of aliphatic hydroxyl groups is 1. The monoisotopic (exact) mass is 411 g/mol. The molecule has 2 aromatic heterocycles. The van der Waals surface area contributed by atoms with Crippen molar-refractivity contribution in [2.24, 2.45) is 7.05 Å². The summed E-state index contributed by atoms with van der Waals surface area (Å²) in [6.07, 6.45) is -7.62. The Bertz CT molecular complexity index is 888. The molecule has 1 unspecified atom stereocenters. The van der Waals surface area contributed by atoms with Crippen molar-refractivity contribution in [1.82, 2.24) is 20.1 Å². The van der Waals surface area contributed by atoms with E-state index in [1.807, 2.05) is 0 Å². The van der Waals surface area contributed by atoms with E-state index in [2.05, 4.69) is 10.1 Å². The summed E-state index contributed by atoms with van der Waals surface area (Å²) in [4.78, 5) is 15.8. The summed E-state index contributed by atoms with van der Waals surface area (Å²) in [5.74, 6) is -1.28. The molecule has 28 heavy (non-hydrogen) atoms. The lowest BCUT2D eigenvalue weighted by Crippen LogP contribution is -2.51. The van der Waals surface area contributed by atoms with Crippen LogP contribution in [0.25, 0.3) is 11.3 Å². The lowest BCUT2D eigenvalue weighted by atomic mass is 10.1. The molecule has 1 amide bonds. The Morgan fingerprint density at radius 2 is 1.89 bits per heavy atom. The molecule has 0 spiro atoms. The first-order chi connectivity index (χ1) is 12.6. The molecule has 0 aromatic carbocycles. The number of rotatable bonds is 4. The minimum atomic E-state index is -5.04. The lowest BCUT2D eigenvalue weighted by molar-refractivity contribution is -0.249. The number of pyridine rings is 1. The number of nitrogens with two attached hydrogens (primary N) is 1. The molecule has 0 fully saturated rings. The van der Waals surface area contributed by atoms with Crippen molar-refractivity contribution in [2.75, 3.05) is 12.3 Å². The van der Waals surface area contributed by atoms with Gasteiger partial charge < -0.3 is 16.2 Å². The SMILES string of the molecule is Cn1cc(-c2nc(C(=O)NCC(C)(O)C(F)(F)F)c(N)cc2C(F)(F)F)cn1. The molecule has 2 heterocycles. The van der Waals surface area contributed by atoms with Gasteiger partial charge in [-0.2, -0.15) is 31.4 Å². The third kappa shape index (κ3) is 4.35. The molecule has 0 aliphatic carbocycles. The van der Waals surface area contributed by atoms with Gasteiger partial charge in [0.25, 0.3) is 5.91 Å². The van der Waals surface area contributed by atoms with Crippen molar-refractivity contribution in [1.29, 1.82) is 0 Å². The number of carbonyl (C=O) groups excluding carboxylic acids is 1. The van der Waals surface area contributed by atoms with Gasteiger partial charge in [-0.3, -0.25) is 9.48 Å². The van der Waals surface area contributed by atoms with Crippen LogP contribution in [0.2, 0.25) is 0 Å². The van der Waals surface area contributed by atoms with Crippen molar-refractivity contribution in [3.05, 3.63) is 29.7 Å². The summed E-state index contributed by atoms with van der Waals surface area (Å²) in [7, 11) is 1.45. The van der Waals surface area contributed by atoms with Crippen LogP contribution < -0.4 is 11.1 Å². The van der Waals surface area contributed by atoms with E-state index in [0.717, 1.165) is 6.20 Å². The maximum atomic E-state index is 13.3. The first-order valence-electron chi connectivity index (χ1n) is 7.57. The van der Waals surface area contributed by atoms with Gasteiger partial charge in [-0.15, -0.1) is 0 Å². The number of amides is 1. The molecule has 7 nitrogen and oxygen atoms in total. The smallest absolute Gasteiger partial charge is 0.397 e. The van der Waals surface area contributed by atoms with Gasteiger partial charge in [0, 0.05) is 18.8 Å². The minimum absolute atomic E-state index is 0.0776. The highest BCUT2D eigenvalue weighted by atomic mass is 19.4. The highest BCUT2D eigenvalue weighted by Crippen LogP contribution is 2.37. The molecule has 0 radical (unpaired) electrons. The highest BCUT2D eigenvalue weighted by Gasteiger charge is 2.50. The second kappa shape index (κ2) is 6.96. The van der Waals surface area contributed by atoms with Gasteiger partial charge in [-0.1, -0.05) is 0 Å². The molecule has 0 aliphatic rings. The van der Waals surface area contributed by atoms with Crippen molar-refractivity contribution in [3.8, 4) is 11.3 Å². The van der Waals surface area contributed by atoms with Crippen LogP contribution in [0.4, 0.5) is 32.0 Å². The van der Waals surface area contributed by atoms with Gasteiger partial charge in [0.1, 0.15) is 0 Å². The zero-order valence-corrected chi connectivity index (χ0v) is 14.5. The molecular weight excluding hydrogens is 396 g/mol. The van der Waals surface area contributed by atoms with Gasteiger partial charge in [0.15, 0.2) is 11.3 Å². The molecule has 1 atom stereocenters. The first-order valence-corrected chi connectivity index (χ1v) is 7.57. The fraction of sp³-hybridized carbons (Fsp3) is 0.400. The van der Waals surface area contributed by atoms with Crippen molar-refractivity contribution >= 4 is 11.6 Å². The standard InChI is InChI=1S/C15H15F6N5O2/c1-13(28,15(19,20)21)6-23-12(27)11-9(22)3-8(14(16,17)18)10(25-11)7-4-24-26(2)5-7/h3-5,28H,6,22H2,1-2H3,(H,23,27). The van der Waals surface area contributed by atoms with E-state index in [0.29, 0.717) is 13.0 Å². The number of hydrogen-bond acceptors (Lipinski definition) is 5. The maximum absolute atomic E-state index is 13.3. The topological polar surface area (TPSA) is 106 Å². The van der Waals surface area contributed by atoms with Gasteiger partial charge in [0.2, 0.25) is 0 Å². The average Bonchev–Trinajstić information content (AvgIpc) is 2.96. The molecule has 0 aliphatic heterocycles.